The Morgan fingerprint density at radius 1 is 1.11 bits per heavy atom. The lowest BCUT2D eigenvalue weighted by atomic mass is 10.2. The van der Waals surface area contributed by atoms with Gasteiger partial charge in [-0.05, 0) is 19.8 Å². The van der Waals surface area contributed by atoms with Crippen molar-refractivity contribution in [3.05, 3.63) is 12.4 Å². The molecule has 3 heterocycles. The van der Waals surface area contributed by atoms with Crippen LogP contribution in [-0.4, -0.2) is 48.7 Å². The van der Waals surface area contributed by atoms with Gasteiger partial charge in [0.05, 0.1) is 0 Å². The zero-order valence-corrected chi connectivity index (χ0v) is 11.0. The fraction of sp³-hybridized carbons (Fsp3) is 0.692. The molecule has 1 N–H and O–H groups in total. The average Bonchev–Trinajstić information content (AvgIpc) is 2.93. The Labute approximate surface area is 108 Å². The van der Waals surface area contributed by atoms with Crippen molar-refractivity contribution in [1.82, 2.24) is 15.3 Å². The maximum absolute atomic E-state index is 4.43. The third kappa shape index (κ3) is 2.41. The van der Waals surface area contributed by atoms with E-state index in [9.17, 15) is 0 Å². The molecule has 0 spiro atoms. The molecule has 2 aliphatic heterocycles. The number of anilines is 2. The van der Waals surface area contributed by atoms with E-state index in [-0.39, 0.29) is 0 Å². The van der Waals surface area contributed by atoms with Gasteiger partial charge in [-0.15, -0.1) is 0 Å². The predicted octanol–water partition coefficient (Wildman–Crippen LogP) is 0.875. The fourth-order valence-electron chi connectivity index (χ4n) is 2.77. The zero-order valence-electron chi connectivity index (χ0n) is 11.0. The maximum atomic E-state index is 4.43. The Bertz CT molecular complexity index is 402. The first kappa shape index (κ1) is 11.7. The largest absolute Gasteiger partial charge is 0.356 e. The highest BCUT2D eigenvalue weighted by Crippen LogP contribution is 2.21. The SMILES string of the molecule is C[C@H]1CN(c2cc(N3CCCC3)ncn2)CCN1. The van der Waals surface area contributed by atoms with Crippen molar-refractivity contribution in [2.75, 3.05) is 42.5 Å². The van der Waals surface area contributed by atoms with Crippen molar-refractivity contribution in [2.45, 2.75) is 25.8 Å². The molecule has 0 amide bonds. The summed E-state index contributed by atoms with van der Waals surface area (Å²) in [5, 5.41) is 3.46. The molecule has 18 heavy (non-hydrogen) atoms. The fourth-order valence-corrected chi connectivity index (χ4v) is 2.77. The Hall–Kier alpha value is -1.36. The normalized spacial score (nSPS) is 24.6. The highest BCUT2D eigenvalue weighted by Gasteiger charge is 2.19. The number of nitrogens with zero attached hydrogens (tertiary/aromatic N) is 4. The number of hydrogen-bond donors (Lipinski definition) is 1. The molecule has 3 rings (SSSR count). The van der Waals surface area contributed by atoms with E-state index in [1.807, 2.05) is 0 Å². The van der Waals surface area contributed by atoms with E-state index in [1.165, 1.54) is 12.8 Å². The van der Waals surface area contributed by atoms with E-state index in [0.29, 0.717) is 6.04 Å². The van der Waals surface area contributed by atoms with Gasteiger partial charge in [-0.1, -0.05) is 0 Å². The number of aromatic nitrogens is 2. The van der Waals surface area contributed by atoms with Gasteiger partial charge in [0.25, 0.3) is 0 Å². The van der Waals surface area contributed by atoms with Crippen LogP contribution in [0.5, 0.6) is 0 Å². The monoisotopic (exact) mass is 247 g/mol. The van der Waals surface area contributed by atoms with E-state index < -0.39 is 0 Å². The van der Waals surface area contributed by atoms with Gasteiger partial charge >= 0.3 is 0 Å². The van der Waals surface area contributed by atoms with Crippen LogP contribution in [0.15, 0.2) is 12.4 Å². The lowest BCUT2D eigenvalue weighted by molar-refractivity contribution is 0.482. The van der Waals surface area contributed by atoms with E-state index in [2.05, 4.69) is 38.1 Å². The van der Waals surface area contributed by atoms with Crippen LogP contribution in [0.4, 0.5) is 11.6 Å². The van der Waals surface area contributed by atoms with Gasteiger partial charge in [0.1, 0.15) is 18.0 Å². The Balaban J connectivity index is 1.77. The molecule has 2 fully saturated rings. The smallest absolute Gasteiger partial charge is 0.134 e. The predicted molar refractivity (Wildman–Crippen MR) is 73.2 cm³/mol. The summed E-state index contributed by atoms with van der Waals surface area (Å²) in [5.41, 5.74) is 0. The topological polar surface area (TPSA) is 44.3 Å². The van der Waals surface area contributed by atoms with Crippen LogP contribution in [0.25, 0.3) is 0 Å². The van der Waals surface area contributed by atoms with Crippen molar-refractivity contribution >= 4 is 11.6 Å². The van der Waals surface area contributed by atoms with Crippen molar-refractivity contribution in [3.63, 3.8) is 0 Å². The van der Waals surface area contributed by atoms with Crippen LogP contribution in [0.3, 0.4) is 0 Å². The first-order valence-corrected chi connectivity index (χ1v) is 6.88. The molecule has 0 aliphatic carbocycles. The van der Waals surface area contributed by atoms with Gasteiger partial charge in [0.2, 0.25) is 0 Å². The molecule has 0 unspecified atom stereocenters. The Kier molecular flexibility index (Phi) is 3.32. The van der Waals surface area contributed by atoms with Crippen molar-refractivity contribution in [2.24, 2.45) is 0 Å². The van der Waals surface area contributed by atoms with E-state index in [4.69, 9.17) is 0 Å². The van der Waals surface area contributed by atoms with Crippen LogP contribution in [0, 0.1) is 0 Å². The van der Waals surface area contributed by atoms with Gasteiger partial charge in [0.15, 0.2) is 0 Å². The molecule has 0 saturated carbocycles. The molecule has 0 aromatic carbocycles. The van der Waals surface area contributed by atoms with Gasteiger partial charge in [-0.3, -0.25) is 0 Å². The second kappa shape index (κ2) is 5.10. The number of hydrogen-bond acceptors (Lipinski definition) is 5. The van der Waals surface area contributed by atoms with Gasteiger partial charge < -0.3 is 15.1 Å². The molecule has 2 aliphatic rings. The first-order chi connectivity index (χ1) is 8.83. The summed E-state index contributed by atoms with van der Waals surface area (Å²) < 4.78 is 0. The van der Waals surface area contributed by atoms with Crippen molar-refractivity contribution in [3.8, 4) is 0 Å². The number of nitrogens with one attached hydrogen (secondary N) is 1. The summed E-state index contributed by atoms with van der Waals surface area (Å²) in [6.45, 7) is 7.57. The molecular formula is C13H21N5. The molecule has 1 aromatic rings. The molecule has 1 atom stereocenters. The third-order valence-electron chi connectivity index (χ3n) is 3.76. The van der Waals surface area contributed by atoms with Crippen molar-refractivity contribution in [1.29, 1.82) is 0 Å². The lowest BCUT2D eigenvalue weighted by Gasteiger charge is -2.33. The molecule has 5 nitrogen and oxygen atoms in total. The summed E-state index contributed by atoms with van der Waals surface area (Å²) in [5.74, 6) is 2.16. The first-order valence-electron chi connectivity index (χ1n) is 6.88. The Morgan fingerprint density at radius 2 is 1.83 bits per heavy atom. The number of piperazine rings is 1. The van der Waals surface area contributed by atoms with Crippen LogP contribution >= 0.6 is 0 Å². The van der Waals surface area contributed by atoms with Gasteiger partial charge in [-0.25, -0.2) is 9.97 Å². The molecular weight excluding hydrogens is 226 g/mol. The van der Waals surface area contributed by atoms with Gasteiger partial charge in [0, 0.05) is 44.8 Å². The summed E-state index contributed by atoms with van der Waals surface area (Å²) >= 11 is 0. The van der Waals surface area contributed by atoms with Crippen molar-refractivity contribution < 1.29 is 0 Å². The minimum absolute atomic E-state index is 0.531. The molecule has 1 aromatic heterocycles. The molecule has 5 heteroatoms. The quantitative estimate of drug-likeness (QED) is 0.840. The number of rotatable bonds is 2. The second-order valence-electron chi connectivity index (χ2n) is 5.23. The highest BCUT2D eigenvalue weighted by molar-refractivity contribution is 5.50. The molecule has 98 valence electrons. The summed E-state index contributed by atoms with van der Waals surface area (Å²) in [7, 11) is 0. The van der Waals surface area contributed by atoms with E-state index in [0.717, 1.165) is 44.4 Å². The van der Waals surface area contributed by atoms with Gasteiger partial charge in [-0.2, -0.15) is 0 Å². The minimum atomic E-state index is 0.531. The van der Waals surface area contributed by atoms with E-state index >= 15 is 0 Å². The zero-order chi connectivity index (χ0) is 12.4. The molecule has 2 saturated heterocycles. The van der Waals surface area contributed by atoms with Crippen LogP contribution in [0.1, 0.15) is 19.8 Å². The Morgan fingerprint density at radius 3 is 2.56 bits per heavy atom. The maximum Gasteiger partial charge on any atom is 0.134 e. The van der Waals surface area contributed by atoms with Crippen LogP contribution < -0.4 is 15.1 Å². The highest BCUT2D eigenvalue weighted by atomic mass is 15.3. The average molecular weight is 247 g/mol. The summed E-state index contributed by atoms with van der Waals surface area (Å²) in [6, 6.07) is 2.67. The van der Waals surface area contributed by atoms with Crippen LogP contribution in [0.2, 0.25) is 0 Å². The molecule has 0 bridgehead atoms. The third-order valence-corrected chi connectivity index (χ3v) is 3.76. The van der Waals surface area contributed by atoms with E-state index in [1.54, 1.807) is 6.33 Å². The van der Waals surface area contributed by atoms with Crippen LogP contribution in [-0.2, 0) is 0 Å². The minimum Gasteiger partial charge on any atom is -0.356 e. The lowest BCUT2D eigenvalue weighted by Crippen LogP contribution is -2.49. The second-order valence-corrected chi connectivity index (χ2v) is 5.23. The standard InChI is InChI=1S/C13H21N5/c1-11-9-18(7-4-14-11)13-8-12(15-10-16-13)17-5-2-3-6-17/h8,10-11,14H,2-7,9H2,1H3/t11-/m0/s1. The molecule has 0 radical (unpaired) electrons. The summed E-state index contributed by atoms with van der Waals surface area (Å²) in [6.07, 6.45) is 4.27. The summed E-state index contributed by atoms with van der Waals surface area (Å²) in [4.78, 5) is 13.5.